The van der Waals surface area contributed by atoms with Gasteiger partial charge in [-0.1, -0.05) is 19.1 Å². The third kappa shape index (κ3) is 2.70. The number of rotatable bonds is 5. The second-order valence-electron chi connectivity index (χ2n) is 4.94. The molecule has 6 nitrogen and oxygen atoms in total. The number of carboxylic acid groups (broad SMARTS) is 1. The standard InChI is InChI=1S/C17H16N2O4/c1-3-10-11(16(20)21)8-9-14-15(10)19-17(23-14)18-12-6-4-5-7-13(12)22-2/h4-9H,3H2,1-2H3,(H,18,19)(H,20,21). The Morgan fingerprint density at radius 2 is 2.09 bits per heavy atom. The number of aromatic carboxylic acids is 1. The van der Waals surface area contributed by atoms with Gasteiger partial charge in [-0.25, -0.2) is 4.79 Å². The van der Waals surface area contributed by atoms with Gasteiger partial charge in [-0.05, 0) is 36.2 Å². The number of aryl methyl sites for hydroxylation is 1. The quantitative estimate of drug-likeness (QED) is 0.744. The van der Waals surface area contributed by atoms with Gasteiger partial charge in [0.1, 0.15) is 11.3 Å². The largest absolute Gasteiger partial charge is 0.495 e. The van der Waals surface area contributed by atoms with Gasteiger partial charge in [-0.15, -0.1) is 0 Å². The van der Waals surface area contributed by atoms with Crippen molar-refractivity contribution in [3.63, 3.8) is 0 Å². The molecule has 1 aromatic heterocycles. The third-order valence-electron chi connectivity index (χ3n) is 3.60. The molecule has 0 spiro atoms. The van der Waals surface area contributed by atoms with Crippen molar-refractivity contribution in [2.75, 3.05) is 12.4 Å². The molecule has 6 heteroatoms. The minimum absolute atomic E-state index is 0.247. The van der Waals surface area contributed by atoms with E-state index in [0.29, 0.717) is 34.8 Å². The lowest BCUT2D eigenvalue weighted by Gasteiger charge is -2.07. The van der Waals surface area contributed by atoms with Gasteiger partial charge in [-0.3, -0.25) is 0 Å². The predicted octanol–water partition coefficient (Wildman–Crippen LogP) is 3.84. The molecule has 0 saturated carbocycles. The van der Waals surface area contributed by atoms with Gasteiger partial charge in [0.15, 0.2) is 5.58 Å². The second kappa shape index (κ2) is 6.00. The van der Waals surface area contributed by atoms with Crippen LogP contribution in [0.3, 0.4) is 0 Å². The lowest BCUT2D eigenvalue weighted by atomic mass is 10.0. The highest BCUT2D eigenvalue weighted by Crippen LogP contribution is 2.30. The van der Waals surface area contributed by atoms with E-state index in [4.69, 9.17) is 9.15 Å². The summed E-state index contributed by atoms with van der Waals surface area (Å²) in [7, 11) is 1.58. The number of carbonyl (C=O) groups is 1. The van der Waals surface area contributed by atoms with Crippen LogP contribution in [0.2, 0.25) is 0 Å². The van der Waals surface area contributed by atoms with Crippen LogP contribution in [0.25, 0.3) is 11.1 Å². The summed E-state index contributed by atoms with van der Waals surface area (Å²) in [6.07, 6.45) is 0.555. The van der Waals surface area contributed by atoms with Gasteiger partial charge < -0.3 is 19.6 Å². The van der Waals surface area contributed by atoms with Gasteiger partial charge in [0.2, 0.25) is 0 Å². The SMILES string of the molecule is CCc1c(C(=O)O)ccc2oc(Nc3ccccc3OC)nc12. The highest BCUT2D eigenvalue weighted by molar-refractivity contribution is 5.95. The minimum Gasteiger partial charge on any atom is -0.495 e. The van der Waals surface area contributed by atoms with Crippen molar-refractivity contribution in [3.8, 4) is 5.75 Å². The van der Waals surface area contributed by atoms with E-state index in [2.05, 4.69) is 10.3 Å². The molecule has 0 aliphatic heterocycles. The van der Waals surface area contributed by atoms with E-state index in [1.54, 1.807) is 19.2 Å². The molecule has 0 radical (unpaired) electrons. The van der Waals surface area contributed by atoms with Gasteiger partial charge in [-0.2, -0.15) is 4.98 Å². The van der Waals surface area contributed by atoms with Gasteiger partial charge in [0.25, 0.3) is 6.01 Å². The highest BCUT2D eigenvalue weighted by Gasteiger charge is 2.17. The number of para-hydroxylation sites is 2. The Hall–Kier alpha value is -3.02. The zero-order chi connectivity index (χ0) is 16.4. The molecule has 0 fully saturated rings. The topological polar surface area (TPSA) is 84.6 Å². The fraction of sp³-hybridized carbons (Fsp3) is 0.176. The fourth-order valence-corrected chi connectivity index (χ4v) is 2.52. The Balaban J connectivity index is 2.05. The van der Waals surface area contributed by atoms with E-state index in [9.17, 15) is 9.90 Å². The first-order valence-electron chi connectivity index (χ1n) is 7.19. The summed E-state index contributed by atoms with van der Waals surface area (Å²) in [5.74, 6) is -0.303. The van der Waals surface area contributed by atoms with Crippen LogP contribution in [-0.2, 0) is 6.42 Å². The minimum atomic E-state index is -0.967. The Bertz CT molecular complexity index is 870. The molecule has 0 aliphatic carbocycles. The number of carboxylic acids is 1. The maximum atomic E-state index is 11.3. The summed E-state index contributed by atoms with van der Waals surface area (Å²) in [6, 6.07) is 10.9. The molecule has 0 saturated heterocycles. The monoisotopic (exact) mass is 312 g/mol. The molecular weight excluding hydrogens is 296 g/mol. The molecule has 3 aromatic rings. The Morgan fingerprint density at radius 3 is 2.78 bits per heavy atom. The van der Waals surface area contributed by atoms with Crippen molar-refractivity contribution < 1.29 is 19.1 Å². The zero-order valence-corrected chi connectivity index (χ0v) is 12.8. The number of aromatic nitrogens is 1. The van der Waals surface area contributed by atoms with Crippen molar-refractivity contribution in [1.82, 2.24) is 4.98 Å². The van der Waals surface area contributed by atoms with E-state index in [1.165, 1.54) is 0 Å². The number of oxazole rings is 1. The first-order chi connectivity index (χ1) is 11.1. The van der Waals surface area contributed by atoms with Crippen molar-refractivity contribution in [2.24, 2.45) is 0 Å². The zero-order valence-electron chi connectivity index (χ0n) is 12.8. The summed E-state index contributed by atoms with van der Waals surface area (Å²) in [5, 5.41) is 12.3. The van der Waals surface area contributed by atoms with Gasteiger partial charge in [0.05, 0.1) is 18.4 Å². The van der Waals surface area contributed by atoms with Crippen LogP contribution in [0.5, 0.6) is 5.75 Å². The number of fused-ring (bicyclic) bond motifs is 1. The third-order valence-corrected chi connectivity index (χ3v) is 3.60. The predicted molar refractivity (Wildman–Crippen MR) is 86.6 cm³/mol. The average molecular weight is 312 g/mol. The number of nitrogens with one attached hydrogen (secondary N) is 1. The van der Waals surface area contributed by atoms with E-state index in [1.807, 2.05) is 31.2 Å². The fourth-order valence-electron chi connectivity index (χ4n) is 2.52. The number of hydrogen-bond acceptors (Lipinski definition) is 5. The normalized spacial score (nSPS) is 10.7. The molecular formula is C17H16N2O4. The van der Waals surface area contributed by atoms with Crippen molar-refractivity contribution >= 4 is 28.8 Å². The lowest BCUT2D eigenvalue weighted by Crippen LogP contribution is -2.02. The molecule has 0 amide bonds. The summed E-state index contributed by atoms with van der Waals surface area (Å²) < 4.78 is 11.0. The number of hydrogen-bond donors (Lipinski definition) is 2. The van der Waals surface area contributed by atoms with Crippen LogP contribution >= 0.6 is 0 Å². The number of nitrogens with zero attached hydrogens (tertiary/aromatic N) is 1. The average Bonchev–Trinajstić information content (AvgIpc) is 2.96. The number of ether oxygens (including phenoxy) is 1. The van der Waals surface area contributed by atoms with Crippen molar-refractivity contribution in [3.05, 3.63) is 47.5 Å². The van der Waals surface area contributed by atoms with Crippen LogP contribution in [0, 0.1) is 0 Å². The Labute approximate surface area is 132 Å². The molecule has 0 atom stereocenters. The molecule has 2 N–H and O–H groups in total. The van der Waals surface area contributed by atoms with E-state index >= 15 is 0 Å². The summed E-state index contributed by atoms with van der Waals surface area (Å²) >= 11 is 0. The molecule has 1 heterocycles. The van der Waals surface area contributed by atoms with Crippen molar-refractivity contribution in [1.29, 1.82) is 0 Å². The van der Waals surface area contributed by atoms with Crippen LogP contribution < -0.4 is 10.1 Å². The first-order valence-corrected chi connectivity index (χ1v) is 7.19. The Morgan fingerprint density at radius 1 is 1.30 bits per heavy atom. The van der Waals surface area contributed by atoms with E-state index in [-0.39, 0.29) is 5.56 Å². The van der Waals surface area contributed by atoms with Crippen LogP contribution in [0.1, 0.15) is 22.8 Å². The summed E-state index contributed by atoms with van der Waals surface area (Å²) in [5.41, 5.74) is 2.73. The number of methoxy groups -OCH3 is 1. The Kier molecular flexibility index (Phi) is 3.89. The van der Waals surface area contributed by atoms with E-state index < -0.39 is 5.97 Å². The molecule has 23 heavy (non-hydrogen) atoms. The van der Waals surface area contributed by atoms with Crippen LogP contribution in [-0.4, -0.2) is 23.2 Å². The molecule has 0 bridgehead atoms. The highest BCUT2D eigenvalue weighted by atomic mass is 16.5. The summed E-state index contributed by atoms with van der Waals surface area (Å²) in [4.78, 5) is 15.7. The van der Waals surface area contributed by atoms with Gasteiger partial charge >= 0.3 is 5.97 Å². The first kappa shape index (κ1) is 14.9. The van der Waals surface area contributed by atoms with E-state index in [0.717, 1.165) is 5.69 Å². The maximum Gasteiger partial charge on any atom is 0.336 e. The van der Waals surface area contributed by atoms with Crippen LogP contribution in [0.15, 0.2) is 40.8 Å². The maximum absolute atomic E-state index is 11.3. The summed E-state index contributed by atoms with van der Waals surface area (Å²) in [6.45, 7) is 1.89. The van der Waals surface area contributed by atoms with Crippen molar-refractivity contribution in [2.45, 2.75) is 13.3 Å². The van der Waals surface area contributed by atoms with Crippen LogP contribution in [0.4, 0.5) is 11.7 Å². The second-order valence-corrected chi connectivity index (χ2v) is 4.94. The molecule has 0 aliphatic rings. The number of anilines is 2. The molecule has 118 valence electrons. The van der Waals surface area contributed by atoms with Gasteiger partial charge in [0, 0.05) is 0 Å². The lowest BCUT2D eigenvalue weighted by molar-refractivity contribution is 0.0696. The molecule has 2 aromatic carbocycles. The smallest absolute Gasteiger partial charge is 0.336 e. The molecule has 0 unspecified atom stereocenters. The molecule has 3 rings (SSSR count). The number of benzene rings is 2.